The molecule has 0 aromatic carbocycles. The van der Waals surface area contributed by atoms with Gasteiger partial charge in [-0.15, -0.1) is 0 Å². The third kappa shape index (κ3) is 4.00. The van der Waals surface area contributed by atoms with Crippen LogP contribution in [-0.4, -0.2) is 81.0 Å². The van der Waals surface area contributed by atoms with Crippen LogP contribution in [0.3, 0.4) is 0 Å². The number of aromatic nitrogens is 1. The SMILES string of the molecule is Cc1occc1C(=O)N1CCN(c2ccc(S(=O)(=O)N3CCOCC3)cn2)CC1. The molecule has 4 rings (SSSR count). The fourth-order valence-electron chi connectivity index (χ4n) is 3.56. The Labute approximate surface area is 169 Å². The molecule has 9 nitrogen and oxygen atoms in total. The second-order valence-corrected chi connectivity index (χ2v) is 8.98. The molecule has 10 heteroatoms. The van der Waals surface area contributed by atoms with Crippen LogP contribution in [0, 0.1) is 6.92 Å². The summed E-state index contributed by atoms with van der Waals surface area (Å²) >= 11 is 0. The van der Waals surface area contributed by atoms with Crippen molar-refractivity contribution in [2.45, 2.75) is 11.8 Å². The predicted octanol–water partition coefficient (Wildman–Crippen LogP) is 0.966. The minimum absolute atomic E-state index is 0.0317. The van der Waals surface area contributed by atoms with E-state index in [1.165, 1.54) is 16.8 Å². The summed E-state index contributed by atoms with van der Waals surface area (Å²) in [6.07, 6.45) is 2.93. The van der Waals surface area contributed by atoms with Gasteiger partial charge in [-0.25, -0.2) is 13.4 Å². The van der Waals surface area contributed by atoms with E-state index in [0.717, 1.165) is 0 Å². The second kappa shape index (κ2) is 8.13. The Morgan fingerprint density at radius 3 is 2.34 bits per heavy atom. The maximum atomic E-state index is 12.7. The molecule has 1 amide bonds. The molecule has 4 heterocycles. The molecule has 0 aliphatic carbocycles. The van der Waals surface area contributed by atoms with E-state index in [-0.39, 0.29) is 10.8 Å². The Morgan fingerprint density at radius 2 is 1.76 bits per heavy atom. The predicted molar refractivity (Wildman–Crippen MR) is 105 cm³/mol. The molecule has 0 atom stereocenters. The Kier molecular flexibility index (Phi) is 5.57. The van der Waals surface area contributed by atoms with Gasteiger partial charge in [0.25, 0.3) is 5.91 Å². The first-order valence-electron chi connectivity index (χ1n) is 9.59. The highest BCUT2D eigenvalue weighted by Gasteiger charge is 2.28. The van der Waals surface area contributed by atoms with E-state index in [2.05, 4.69) is 9.88 Å². The van der Waals surface area contributed by atoms with Crippen LogP contribution in [0.4, 0.5) is 5.82 Å². The number of hydrogen-bond donors (Lipinski definition) is 0. The summed E-state index contributed by atoms with van der Waals surface area (Å²) in [5.41, 5.74) is 0.592. The number of rotatable bonds is 4. The Hall–Kier alpha value is -2.43. The van der Waals surface area contributed by atoms with Gasteiger partial charge >= 0.3 is 0 Å². The lowest BCUT2D eigenvalue weighted by molar-refractivity contribution is 0.0730. The van der Waals surface area contributed by atoms with E-state index in [1.54, 1.807) is 30.0 Å². The molecule has 0 radical (unpaired) electrons. The number of pyridine rings is 1. The van der Waals surface area contributed by atoms with Crippen LogP contribution >= 0.6 is 0 Å². The summed E-state index contributed by atoms with van der Waals surface area (Å²) < 4.78 is 37.3. The first kappa shape index (κ1) is 19.9. The van der Waals surface area contributed by atoms with E-state index >= 15 is 0 Å². The maximum Gasteiger partial charge on any atom is 0.257 e. The molecule has 2 aliphatic heterocycles. The van der Waals surface area contributed by atoms with Crippen molar-refractivity contribution in [1.82, 2.24) is 14.2 Å². The van der Waals surface area contributed by atoms with Crippen LogP contribution in [0.2, 0.25) is 0 Å². The number of morpholine rings is 1. The van der Waals surface area contributed by atoms with Crippen molar-refractivity contribution in [1.29, 1.82) is 0 Å². The van der Waals surface area contributed by atoms with Crippen LogP contribution in [-0.2, 0) is 14.8 Å². The number of ether oxygens (including phenoxy) is 1. The maximum absolute atomic E-state index is 12.7. The van der Waals surface area contributed by atoms with Crippen LogP contribution in [0.15, 0.2) is 40.0 Å². The smallest absolute Gasteiger partial charge is 0.257 e. The number of furan rings is 1. The highest BCUT2D eigenvalue weighted by atomic mass is 32.2. The van der Waals surface area contributed by atoms with Crippen molar-refractivity contribution in [3.63, 3.8) is 0 Å². The number of hydrogen-bond acceptors (Lipinski definition) is 7. The summed E-state index contributed by atoms with van der Waals surface area (Å²) in [5, 5.41) is 0. The Bertz CT molecular complexity index is 959. The topological polar surface area (TPSA) is 96.2 Å². The van der Waals surface area contributed by atoms with Gasteiger partial charge in [0, 0.05) is 45.5 Å². The van der Waals surface area contributed by atoms with E-state index < -0.39 is 10.0 Å². The van der Waals surface area contributed by atoms with Crippen molar-refractivity contribution < 1.29 is 22.4 Å². The van der Waals surface area contributed by atoms with Gasteiger partial charge in [0.15, 0.2) is 0 Å². The van der Waals surface area contributed by atoms with Crippen LogP contribution in [0.25, 0.3) is 0 Å². The molecule has 2 saturated heterocycles. The molecule has 156 valence electrons. The molecular formula is C19H24N4O5S. The Morgan fingerprint density at radius 1 is 1.03 bits per heavy atom. The second-order valence-electron chi connectivity index (χ2n) is 7.04. The van der Waals surface area contributed by atoms with Gasteiger partial charge in [0.05, 0.1) is 25.0 Å². The van der Waals surface area contributed by atoms with Crippen LogP contribution in [0.1, 0.15) is 16.1 Å². The quantitative estimate of drug-likeness (QED) is 0.727. The minimum atomic E-state index is -3.55. The summed E-state index contributed by atoms with van der Waals surface area (Å²) in [4.78, 5) is 21.0. The lowest BCUT2D eigenvalue weighted by Gasteiger charge is -2.35. The molecule has 0 bridgehead atoms. The number of nitrogens with zero attached hydrogens (tertiary/aromatic N) is 4. The zero-order valence-corrected chi connectivity index (χ0v) is 17.1. The largest absolute Gasteiger partial charge is 0.469 e. The monoisotopic (exact) mass is 420 g/mol. The lowest BCUT2D eigenvalue weighted by atomic mass is 10.2. The number of carbonyl (C=O) groups is 1. The van der Waals surface area contributed by atoms with Gasteiger partial charge < -0.3 is 19.0 Å². The van der Waals surface area contributed by atoms with Crippen molar-refractivity contribution in [3.05, 3.63) is 42.0 Å². The molecule has 2 fully saturated rings. The van der Waals surface area contributed by atoms with Crippen molar-refractivity contribution in [2.75, 3.05) is 57.4 Å². The molecule has 0 N–H and O–H groups in total. The van der Waals surface area contributed by atoms with E-state index in [4.69, 9.17) is 9.15 Å². The standard InChI is InChI=1S/C19H24N4O5S/c1-15-17(4-11-28-15)19(24)22-7-5-21(6-8-22)18-3-2-16(14-20-18)29(25,26)23-9-12-27-13-10-23/h2-4,11,14H,5-10,12-13H2,1H3. The summed E-state index contributed by atoms with van der Waals surface area (Å²) in [7, 11) is -3.55. The first-order valence-corrected chi connectivity index (χ1v) is 11.0. The van der Waals surface area contributed by atoms with Gasteiger partial charge in [-0.05, 0) is 25.1 Å². The van der Waals surface area contributed by atoms with Gasteiger partial charge in [0.1, 0.15) is 16.5 Å². The van der Waals surface area contributed by atoms with Crippen molar-refractivity contribution >= 4 is 21.7 Å². The highest BCUT2D eigenvalue weighted by Crippen LogP contribution is 2.21. The van der Waals surface area contributed by atoms with E-state index in [0.29, 0.717) is 69.6 Å². The zero-order valence-electron chi connectivity index (χ0n) is 16.3. The molecule has 2 aromatic heterocycles. The van der Waals surface area contributed by atoms with Crippen LogP contribution in [0.5, 0.6) is 0 Å². The van der Waals surface area contributed by atoms with Gasteiger partial charge in [0.2, 0.25) is 10.0 Å². The molecule has 29 heavy (non-hydrogen) atoms. The average molecular weight is 420 g/mol. The third-order valence-corrected chi connectivity index (χ3v) is 7.19. The number of sulfonamides is 1. The van der Waals surface area contributed by atoms with Crippen LogP contribution < -0.4 is 4.90 Å². The molecule has 0 spiro atoms. The van der Waals surface area contributed by atoms with E-state index in [9.17, 15) is 13.2 Å². The van der Waals surface area contributed by atoms with Gasteiger partial charge in [-0.3, -0.25) is 4.79 Å². The summed E-state index contributed by atoms with van der Waals surface area (Å²) in [5.74, 6) is 1.30. The fourth-order valence-corrected chi connectivity index (χ4v) is 4.92. The normalized spacial score (nSPS) is 18.8. The van der Waals surface area contributed by atoms with Gasteiger partial charge in [-0.2, -0.15) is 4.31 Å². The molecule has 0 saturated carbocycles. The minimum Gasteiger partial charge on any atom is -0.469 e. The highest BCUT2D eigenvalue weighted by molar-refractivity contribution is 7.89. The van der Waals surface area contributed by atoms with Gasteiger partial charge in [-0.1, -0.05) is 0 Å². The molecule has 0 unspecified atom stereocenters. The zero-order chi connectivity index (χ0) is 20.4. The number of amides is 1. The molecule has 2 aromatic rings. The fraction of sp³-hybridized carbons (Fsp3) is 0.474. The Balaban J connectivity index is 1.39. The van der Waals surface area contributed by atoms with E-state index in [1.807, 2.05) is 0 Å². The number of anilines is 1. The molecule has 2 aliphatic rings. The summed E-state index contributed by atoms with van der Waals surface area (Å²) in [6, 6.07) is 5.02. The number of piperazine rings is 1. The molecular weight excluding hydrogens is 396 g/mol. The average Bonchev–Trinajstić information content (AvgIpc) is 3.20. The number of carbonyl (C=O) groups excluding carboxylic acids is 1. The summed E-state index contributed by atoms with van der Waals surface area (Å²) in [6.45, 7) is 5.71. The van der Waals surface area contributed by atoms with Crippen molar-refractivity contribution in [2.24, 2.45) is 0 Å². The first-order chi connectivity index (χ1) is 14.0. The third-order valence-electron chi connectivity index (χ3n) is 5.31. The lowest BCUT2D eigenvalue weighted by Crippen LogP contribution is -2.49. The number of aryl methyl sites for hydroxylation is 1. The van der Waals surface area contributed by atoms with Crippen molar-refractivity contribution in [3.8, 4) is 0 Å².